The quantitative estimate of drug-likeness (QED) is 0.742. The van der Waals surface area contributed by atoms with Crippen molar-refractivity contribution in [2.45, 2.75) is 37.1 Å². The van der Waals surface area contributed by atoms with Crippen molar-refractivity contribution in [3.63, 3.8) is 0 Å². The summed E-state index contributed by atoms with van der Waals surface area (Å²) in [5, 5.41) is 0.760. The van der Waals surface area contributed by atoms with E-state index < -0.39 is 15.6 Å². The second-order valence-corrected chi connectivity index (χ2v) is 7.69. The van der Waals surface area contributed by atoms with Crippen molar-refractivity contribution in [1.29, 1.82) is 0 Å². The van der Waals surface area contributed by atoms with E-state index in [0.29, 0.717) is 4.47 Å². The molecule has 0 saturated heterocycles. The Bertz CT molecular complexity index is 505. The number of hydrogen-bond donors (Lipinski definition) is 1. The van der Waals surface area contributed by atoms with E-state index in [-0.39, 0.29) is 4.90 Å². The molecule has 1 unspecified atom stereocenters. The average molecular weight is 399 g/mol. The minimum atomic E-state index is -3.50. The van der Waals surface area contributed by atoms with E-state index in [0.717, 1.165) is 18.2 Å². The number of nitrogens with one attached hydrogen (secondary N) is 1. The summed E-state index contributed by atoms with van der Waals surface area (Å²) >= 11 is 6.63. The van der Waals surface area contributed by atoms with E-state index in [9.17, 15) is 8.42 Å². The van der Waals surface area contributed by atoms with Crippen LogP contribution in [-0.2, 0) is 10.0 Å². The third-order valence-electron chi connectivity index (χ3n) is 2.93. The van der Waals surface area contributed by atoms with Gasteiger partial charge >= 0.3 is 0 Å². The predicted octanol–water partition coefficient (Wildman–Crippen LogP) is 3.68. The highest BCUT2D eigenvalue weighted by Gasteiger charge is 2.29. The number of hydrogen-bond acceptors (Lipinski definition) is 2. The summed E-state index contributed by atoms with van der Waals surface area (Å²) in [6.45, 7) is 3.90. The molecule has 1 atom stereocenters. The lowest BCUT2D eigenvalue weighted by atomic mass is 9.98. The van der Waals surface area contributed by atoms with Crippen molar-refractivity contribution in [2.75, 3.05) is 5.33 Å². The first kappa shape index (κ1) is 16.1. The fourth-order valence-electron chi connectivity index (χ4n) is 1.55. The molecule has 0 fully saturated rings. The van der Waals surface area contributed by atoms with Crippen molar-refractivity contribution < 1.29 is 8.42 Å². The summed E-state index contributed by atoms with van der Waals surface area (Å²) < 4.78 is 28.1. The van der Waals surface area contributed by atoms with Gasteiger partial charge in [-0.1, -0.05) is 35.0 Å². The summed E-state index contributed by atoms with van der Waals surface area (Å²) in [5.74, 6) is 0. The summed E-state index contributed by atoms with van der Waals surface area (Å²) in [5.41, 5.74) is -0.433. The van der Waals surface area contributed by atoms with E-state index in [4.69, 9.17) is 0 Å². The van der Waals surface area contributed by atoms with E-state index >= 15 is 0 Å². The molecule has 0 aromatic heterocycles. The average Bonchev–Trinajstić information content (AvgIpc) is 2.29. The van der Waals surface area contributed by atoms with Crippen LogP contribution in [0.1, 0.15) is 26.7 Å². The lowest BCUT2D eigenvalue weighted by Crippen LogP contribution is -2.45. The van der Waals surface area contributed by atoms with Crippen molar-refractivity contribution in [1.82, 2.24) is 4.72 Å². The van der Waals surface area contributed by atoms with Gasteiger partial charge in [-0.05, 0) is 47.8 Å². The van der Waals surface area contributed by atoms with Gasteiger partial charge in [0.2, 0.25) is 10.0 Å². The van der Waals surface area contributed by atoms with Gasteiger partial charge in [0.1, 0.15) is 0 Å². The molecule has 3 nitrogen and oxygen atoms in total. The number of sulfonamides is 1. The minimum Gasteiger partial charge on any atom is -0.207 e. The lowest BCUT2D eigenvalue weighted by molar-refractivity contribution is 0.392. The molecule has 0 aliphatic heterocycles. The SMILES string of the molecule is CCC(C)(CCBr)NS(=O)(=O)c1ccccc1Br. The zero-order valence-corrected chi connectivity index (χ0v) is 14.4. The highest BCUT2D eigenvalue weighted by atomic mass is 79.9. The molecule has 6 heteroatoms. The van der Waals surface area contributed by atoms with Crippen LogP contribution in [0.3, 0.4) is 0 Å². The Labute approximate surface area is 126 Å². The molecule has 102 valence electrons. The van der Waals surface area contributed by atoms with E-state index in [1.165, 1.54) is 0 Å². The maximum Gasteiger partial charge on any atom is 0.242 e. The second kappa shape index (κ2) is 6.50. The molecule has 0 saturated carbocycles. The number of rotatable bonds is 6. The Morgan fingerprint density at radius 3 is 2.44 bits per heavy atom. The summed E-state index contributed by atoms with van der Waals surface area (Å²) in [7, 11) is -3.50. The molecule has 0 heterocycles. The Balaban J connectivity index is 3.06. The van der Waals surface area contributed by atoms with Crippen molar-refractivity contribution in [2.24, 2.45) is 0 Å². The smallest absolute Gasteiger partial charge is 0.207 e. The van der Waals surface area contributed by atoms with Gasteiger partial charge in [0, 0.05) is 15.3 Å². The Morgan fingerprint density at radius 1 is 1.33 bits per heavy atom. The highest BCUT2D eigenvalue weighted by Crippen LogP contribution is 2.25. The molecule has 0 radical (unpaired) electrons. The van der Waals surface area contributed by atoms with Crippen LogP contribution in [0.15, 0.2) is 33.6 Å². The molecule has 1 N–H and O–H groups in total. The molecule has 1 aromatic carbocycles. The van der Waals surface area contributed by atoms with Gasteiger partial charge in [0.25, 0.3) is 0 Å². The van der Waals surface area contributed by atoms with E-state index in [1.54, 1.807) is 24.3 Å². The normalized spacial score (nSPS) is 15.3. The van der Waals surface area contributed by atoms with Crippen LogP contribution in [0, 0.1) is 0 Å². The topological polar surface area (TPSA) is 46.2 Å². The van der Waals surface area contributed by atoms with Crippen LogP contribution < -0.4 is 4.72 Å². The van der Waals surface area contributed by atoms with Gasteiger partial charge in [-0.15, -0.1) is 0 Å². The van der Waals surface area contributed by atoms with Crippen LogP contribution >= 0.6 is 31.9 Å². The molecular formula is C12H17Br2NO2S. The van der Waals surface area contributed by atoms with Crippen LogP contribution in [-0.4, -0.2) is 19.3 Å². The fraction of sp³-hybridized carbons (Fsp3) is 0.500. The molecule has 0 amide bonds. The van der Waals surface area contributed by atoms with Gasteiger partial charge in [-0.2, -0.15) is 0 Å². The third-order valence-corrected chi connectivity index (χ3v) is 5.98. The highest BCUT2D eigenvalue weighted by molar-refractivity contribution is 9.10. The molecule has 1 aromatic rings. The zero-order valence-electron chi connectivity index (χ0n) is 10.4. The van der Waals surface area contributed by atoms with Crippen LogP contribution in [0.4, 0.5) is 0 Å². The maximum atomic E-state index is 12.3. The lowest BCUT2D eigenvalue weighted by Gasteiger charge is -2.28. The Kier molecular flexibility index (Phi) is 5.83. The van der Waals surface area contributed by atoms with Crippen LogP contribution in [0.25, 0.3) is 0 Å². The summed E-state index contributed by atoms with van der Waals surface area (Å²) in [4.78, 5) is 0.277. The van der Waals surface area contributed by atoms with Crippen LogP contribution in [0.2, 0.25) is 0 Å². The first-order valence-electron chi connectivity index (χ1n) is 5.69. The van der Waals surface area contributed by atoms with E-state index in [2.05, 4.69) is 36.6 Å². The second-order valence-electron chi connectivity index (χ2n) is 4.39. The number of benzene rings is 1. The fourth-order valence-corrected chi connectivity index (χ4v) is 4.94. The monoisotopic (exact) mass is 397 g/mol. The zero-order chi connectivity index (χ0) is 13.8. The van der Waals surface area contributed by atoms with Gasteiger partial charge in [-0.3, -0.25) is 0 Å². The third kappa shape index (κ3) is 4.05. The largest absolute Gasteiger partial charge is 0.242 e. The summed E-state index contributed by atoms with van der Waals surface area (Å²) in [6, 6.07) is 6.83. The predicted molar refractivity (Wildman–Crippen MR) is 81.6 cm³/mol. The molecule has 1 rings (SSSR count). The first-order valence-corrected chi connectivity index (χ1v) is 9.09. The first-order chi connectivity index (χ1) is 8.34. The molecule has 0 aliphatic rings. The standard InChI is InChI=1S/C12H17Br2NO2S/c1-3-12(2,8-9-13)15-18(16,17)11-7-5-4-6-10(11)14/h4-7,15H,3,8-9H2,1-2H3. The summed E-state index contributed by atoms with van der Waals surface area (Å²) in [6.07, 6.45) is 1.48. The van der Waals surface area contributed by atoms with E-state index in [1.807, 2.05) is 13.8 Å². The molecule has 0 bridgehead atoms. The number of alkyl halides is 1. The van der Waals surface area contributed by atoms with Crippen molar-refractivity contribution in [3.8, 4) is 0 Å². The van der Waals surface area contributed by atoms with Gasteiger partial charge < -0.3 is 0 Å². The molecular weight excluding hydrogens is 382 g/mol. The molecule has 18 heavy (non-hydrogen) atoms. The molecule has 0 aliphatic carbocycles. The molecule has 0 spiro atoms. The van der Waals surface area contributed by atoms with Crippen LogP contribution in [0.5, 0.6) is 0 Å². The van der Waals surface area contributed by atoms with Gasteiger partial charge in [0.05, 0.1) is 4.90 Å². The Hall–Kier alpha value is 0.0900. The van der Waals surface area contributed by atoms with Gasteiger partial charge in [-0.25, -0.2) is 13.1 Å². The number of halogens is 2. The Morgan fingerprint density at radius 2 is 1.94 bits per heavy atom. The van der Waals surface area contributed by atoms with Gasteiger partial charge in [0.15, 0.2) is 0 Å². The van der Waals surface area contributed by atoms with Crippen molar-refractivity contribution in [3.05, 3.63) is 28.7 Å². The minimum absolute atomic E-state index is 0.277. The maximum absolute atomic E-state index is 12.3. The van der Waals surface area contributed by atoms with Crippen molar-refractivity contribution >= 4 is 41.9 Å².